The van der Waals surface area contributed by atoms with E-state index >= 15 is 0 Å². The fraction of sp³-hybridized carbons (Fsp3) is 0.200. The Balaban J connectivity index is 2.34. The maximum absolute atomic E-state index is 13.4. The van der Waals surface area contributed by atoms with Crippen LogP contribution in [0.3, 0.4) is 0 Å². The van der Waals surface area contributed by atoms with E-state index in [1.165, 1.54) is 6.08 Å². The molecule has 0 atom stereocenters. The second-order valence-electron chi connectivity index (χ2n) is 4.51. The van der Waals surface area contributed by atoms with Crippen LogP contribution in [0.25, 0.3) is 0 Å². The number of ether oxygens (including phenoxy) is 1. The van der Waals surface area contributed by atoms with Gasteiger partial charge >= 0.3 is 12.0 Å². The Labute approximate surface area is 141 Å². The molecule has 8 nitrogen and oxygen atoms in total. The number of hydrogen-bond acceptors (Lipinski definition) is 5. The van der Waals surface area contributed by atoms with Gasteiger partial charge < -0.3 is 15.4 Å². The molecule has 0 aliphatic heterocycles. The zero-order valence-electron chi connectivity index (χ0n) is 12.9. The highest BCUT2D eigenvalue weighted by molar-refractivity contribution is 5.97. The van der Waals surface area contributed by atoms with Gasteiger partial charge in [-0.3, -0.25) is 19.7 Å². The van der Waals surface area contributed by atoms with Crippen LogP contribution in [0, 0.1) is 11.6 Å². The highest BCUT2D eigenvalue weighted by atomic mass is 19.1. The van der Waals surface area contributed by atoms with Crippen molar-refractivity contribution in [1.29, 1.82) is 0 Å². The number of halogens is 2. The van der Waals surface area contributed by atoms with Gasteiger partial charge in [-0.1, -0.05) is 6.08 Å². The van der Waals surface area contributed by atoms with Crippen LogP contribution in [0.15, 0.2) is 30.9 Å². The number of nitrogens with one attached hydrogen (secondary N) is 3. The number of urea groups is 1. The van der Waals surface area contributed by atoms with E-state index in [4.69, 9.17) is 0 Å². The fourth-order valence-corrected chi connectivity index (χ4v) is 1.49. The molecule has 10 heteroatoms. The third kappa shape index (κ3) is 7.20. The Morgan fingerprint density at radius 1 is 1.16 bits per heavy atom. The maximum atomic E-state index is 13.4. The zero-order valence-corrected chi connectivity index (χ0v) is 12.9. The molecule has 0 aliphatic rings. The molecule has 0 spiro atoms. The average molecular weight is 355 g/mol. The van der Waals surface area contributed by atoms with Gasteiger partial charge in [-0.05, 0) is 12.1 Å². The summed E-state index contributed by atoms with van der Waals surface area (Å²) in [7, 11) is 0. The van der Waals surface area contributed by atoms with Gasteiger partial charge in [-0.15, -0.1) is 6.58 Å². The Hall–Kier alpha value is -3.30. The summed E-state index contributed by atoms with van der Waals surface area (Å²) in [5.41, 5.74) is -0.453. The van der Waals surface area contributed by atoms with Crippen LogP contribution < -0.4 is 16.0 Å². The van der Waals surface area contributed by atoms with Crippen molar-refractivity contribution in [3.63, 3.8) is 0 Å². The molecule has 0 aromatic heterocycles. The number of amides is 4. The van der Waals surface area contributed by atoms with E-state index in [1.807, 2.05) is 5.32 Å². The number of carbonyl (C=O) groups is 4. The van der Waals surface area contributed by atoms with Crippen LogP contribution in [0.4, 0.5) is 13.6 Å². The number of imide groups is 1. The van der Waals surface area contributed by atoms with Crippen LogP contribution in [0.5, 0.6) is 0 Å². The van der Waals surface area contributed by atoms with Crippen molar-refractivity contribution in [2.24, 2.45) is 0 Å². The summed E-state index contributed by atoms with van der Waals surface area (Å²) in [6.45, 7) is 2.11. The third-order valence-electron chi connectivity index (χ3n) is 2.59. The Bertz CT molecular complexity index is 694. The van der Waals surface area contributed by atoms with Gasteiger partial charge in [0.2, 0.25) is 0 Å². The molecular formula is C15H15F2N3O5. The zero-order chi connectivity index (χ0) is 18.8. The molecule has 3 N–H and O–H groups in total. The molecule has 0 fully saturated rings. The molecule has 134 valence electrons. The van der Waals surface area contributed by atoms with Crippen molar-refractivity contribution in [1.82, 2.24) is 16.0 Å². The molecule has 1 aromatic carbocycles. The lowest BCUT2D eigenvalue weighted by atomic mass is 10.2. The van der Waals surface area contributed by atoms with Gasteiger partial charge in [0.1, 0.15) is 18.2 Å². The van der Waals surface area contributed by atoms with E-state index < -0.39 is 54.2 Å². The molecule has 1 rings (SSSR count). The first-order valence-electron chi connectivity index (χ1n) is 6.91. The van der Waals surface area contributed by atoms with E-state index in [9.17, 15) is 28.0 Å². The van der Waals surface area contributed by atoms with Crippen molar-refractivity contribution < 1.29 is 32.7 Å². The van der Waals surface area contributed by atoms with Crippen LogP contribution in [-0.4, -0.2) is 43.5 Å². The van der Waals surface area contributed by atoms with Crippen molar-refractivity contribution in [3.05, 3.63) is 48.1 Å². The maximum Gasteiger partial charge on any atom is 0.325 e. The van der Waals surface area contributed by atoms with Crippen molar-refractivity contribution in [2.75, 3.05) is 19.7 Å². The summed E-state index contributed by atoms with van der Waals surface area (Å²) < 4.78 is 30.6. The summed E-state index contributed by atoms with van der Waals surface area (Å²) in [5.74, 6) is -4.77. The van der Waals surface area contributed by atoms with Crippen LogP contribution in [0.1, 0.15) is 10.4 Å². The highest BCUT2D eigenvalue weighted by Crippen LogP contribution is 2.09. The van der Waals surface area contributed by atoms with E-state index in [0.717, 1.165) is 12.1 Å². The largest absolute Gasteiger partial charge is 0.454 e. The minimum atomic E-state index is -1.09. The van der Waals surface area contributed by atoms with Crippen LogP contribution in [-0.2, 0) is 14.3 Å². The summed E-state index contributed by atoms with van der Waals surface area (Å²) in [4.78, 5) is 45.5. The minimum Gasteiger partial charge on any atom is -0.454 e. The van der Waals surface area contributed by atoms with Crippen molar-refractivity contribution in [2.45, 2.75) is 0 Å². The lowest BCUT2D eigenvalue weighted by Gasteiger charge is -2.08. The van der Waals surface area contributed by atoms with E-state index in [1.54, 1.807) is 0 Å². The number of benzene rings is 1. The standard InChI is InChI=1S/C15H15F2N3O5/c1-2-5-18-15(24)20-12(21)8-25-13(22)7-19-14(23)10-4-3-9(16)6-11(10)17/h2-4,6H,1,5,7-8H2,(H,19,23)(H2,18,20,21,24). The van der Waals surface area contributed by atoms with Gasteiger partial charge in [-0.25, -0.2) is 13.6 Å². The molecule has 0 unspecified atom stereocenters. The topological polar surface area (TPSA) is 114 Å². The molecule has 0 bridgehead atoms. The number of esters is 1. The third-order valence-corrected chi connectivity index (χ3v) is 2.59. The average Bonchev–Trinajstić information content (AvgIpc) is 2.56. The Kier molecular flexibility index (Phi) is 7.70. The summed E-state index contributed by atoms with van der Waals surface area (Å²) in [6.07, 6.45) is 1.40. The predicted molar refractivity (Wildman–Crippen MR) is 81.4 cm³/mol. The smallest absolute Gasteiger partial charge is 0.325 e. The predicted octanol–water partition coefficient (Wildman–Crippen LogP) is 0.250. The summed E-state index contributed by atoms with van der Waals surface area (Å²) in [6, 6.07) is 1.54. The molecule has 1 aromatic rings. The first kappa shape index (κ1) is 19.7. The molecule has 25 heavy (non-hydrogen) atoms. The van der Waals surface area contributed by atoms with Crippen molar-refractivity contribution >= 4 is 23.8 Å². The summed E-state index contributed by atoms with van der Waals surface area (Å²) in [5, 5.41) is 6.21. The fourth-order valence-electron chi connectivity index (χ4n) is 1.49. The van der Waals surface area contributed by atoms with E-state index in [-0.39, 0.29) is 6.54 Å². The van der Waals surface area contributed by atoms with E-state index in [0.29, 0.717) is 6.07 Å². The second kappa shape index (κ2) is 9.75. The van der Waals surface area contributed by atoms with Crippen LogP contribution in [0.2, 0.25) is 0 Å². The number of carbonyl (C=O) groups excluding carboxylic acids is 4. The van der Waals surface area contributed by atoms with Crippen LogP contribution >= 0.6 is 0 Å². The quantitative estimate of drug-likeness (QED) is 0.479. The van der Waals surface area contributed by atoms with E-state index in [2.05, 4.69) is 21.9 Å². The lowest BCUT2D eigenvalue weighted by Crippen LogP contribution is -2.42. The SMILES string of the molecule is C=CCNC(=O)NC(=O)COC(=O)CNC(=O)c1ccc(F)cc1F. The first-order valence-corrected chi connectivity index (χ1v) is 6.91. The molecule has 0 saturated heterocycles. The minimum absolute atomic E-state index is 0.144. The second-order valence-corrected chi connectivity index (χ2v) is 4.51. The molecular weight excluding hydrogens is 340 g/mol. The normalized spacial score (nSPS) is 9.68. The number of hydrogen-bond donors (Lipinski definition) is 3. The number of rotatable bonds is 7. The Morgan fingerprint density at radius 3 is 2.52 bits per heavy atom. The molecule has 0 heterocycles. The summed E-state index contributed by atoms with van der Waals surface area (Å²) >= 11 is 0. The van der Waals surface area contributed by atoms with Gasteiger partial charge in [0.25, 0.3) is 11.8 Å². The lowest BCUT2D eigenvalue weighted by molar-refractivity contribution is -0.147. The monoisotopic (exact) mass is 355 g/mol. The Morgan fingerprint density at radius 2 is 1.88 bits per heavy atom. The van der Waals surface area contributed by atoms with Gasteiger partial charge in [0, 0.05) is 12.6 Å². The molecule has 4 amide bonds. The van der Waals surface area contributed by atoms with Crippen molar-refractivity contribution in [3.8, 4) is 0 Å². The molecule has 0 aliphatic carbocycles. The van der Waals surface area contributed by atoms with Gasteiger partial charge in [0.05, 0.1) is 5.56 Å². The van der Waals surface area contributed by atoms with Gasteiger partial charge in [-0.2, -0.15) is 0 Å². The molecule has 0 radical (unpaired) electrons. The molecule has 0 saturated carbocycles. The highest BCUT2D eigenvalue weighted by Gasteiger charge is 2.15. The first-order chi connectivity index (χ1) is 11.8. The van der Waals surface area contributed by atoms with Gasteiger partial charge in [0.15, 0.2) is 6.61 Å².